The predicted molar refractivity (Wildman–Crippen MR) is 85.2 cm³/mol. The highest BCUT2D eigenvalue weighted by Crippen LogP contribution is 2.21. The molecule has 1 unspecified atom stereocenters. The van der Waals surface area contributed by atoms with Crippen molar-refractivity contribution >= 4 is 0 Å². The summed E-state index contributed by atoms with van der Waals surface area (Å²) >= 11 is 0. The number of furan rings is 1. The number of hydrogen-bond acceptors (Lipinski definition) is 4. The third-order valence-corrected chi connectivity index (χ3v) is 4.09. The zero-order chi connectivity index (χ0) is 15.2. The number of nitrogens with one attached hydrogen (secondary N) is 1. The summed E-state index contributed by atoms with van der Waals surface area (Å²) in [7, 11) is 1.79. The van der Waals surface area contributed by atoms with E-state index in [2.05, 4.69) is 37.1 Å². The fraction of sp³-hybridized carbons (Fsp3) is 0.765. The first-order valence-electron chi connectivity index (χ1n) is 8.08. The van der Waals surface area contributed by atoms with Gasteiger partial charge in [0, 0.05) is 25.8 Å². The molecule has 4 heteroatoms. The molecule has 0 aromatic carbocycles. The number of nitrogens with zero attached hydrogens (tertiary/aromatic N) is 1. The van der Waals surface area contributed by atoms with E-state index in [-0.39, 0.29) is 0 Å². The summed E-state index contributed by atoms with van der Waals surface area (Å²) in [6.45, 7) is 12.5. The van der Waals surface area contributed by atoms with Crippen LogP contribution in [0.3, 0.4) is 0 Å². The Morgan fingerprint density at radius 3 is 3.00 bits per heavy atom. The van der Waals surface area contributed by atoms with Crippen molar-refractivity contribution in [2.75, 3.05) is 33.4 Å². The molecule has 1 aromatic heterocycles. The second-order valence-corrected chi connectivity index (χ2v) is 6.66. The molecule has 1 saturated heterocycles. The van der Waals surface area contributed by atoms with E-state index in [1.807, 2.05) is 0 Å². The molecule has 0 radical (unpaired) electrons. The minimum atomic E-state index is 0.679. The largest absolute Gasteiger partial charge is 0.465 e. The van der Waals surface area contributed by atoms with Gasteiger partial charge in [-0.05, 0) is 44.3 Å². The molecule has 120 valence electrons. The van der Waals surface area contributed by atoms with E-state index in [9.17, 15) is 0 Å². The molecule has 21 heavy (non-hydrogen) atoms. The SMILES string of the molecule is COCC1CCN(Cc2cc(CNCC(C)C)c(C)o2)C1. The van der Waals surface area contributed by atoms with Gasteiger partial charge in [-0.2, -0.15) is 0 Å². The summed E-state index contributed by atoms with van der Waals surface area (Å²) in [6, 6.07) is 2.21. The Morgan fingerprint density at radius 1 is 1.48 bits per heavy atom. The van der Waals surface area contributed by atoms with E-state index in [0.717, 1.165) is 50.9 Å². The van der Waals surface area contributed by atoms with Crippen molar-refractivity contribution in [1.29, 1.82) is 0 Å². The normalized spacial score (nSPS) is 19.8. The molecular formula is C17H30N2O2. The first kappa shape index (κ1) is 16.5. The summed E-state index contributed by atoms with van der Waals surface area (Å²) in [5, 5.41) is 3.48. The molecule has 1 aliphatic rings. The van der Waals surface area contributed by atoms with Crippen LogP contribution in [0, 0.1) is 18.8 Å². The number of methoxy groups -OCH3 is 1. The molecule has 0 bridgehead atoms. The van der Waals surface area contributed by atoms with Gasteiger partial charge in [-0.3, -0.25) is 4.90 Å². The molecule has 0 saturated carbocycles. The smallest absolute Gasteiger partial charge is 0.118 e. The summed E-state index contributed by atoms with van der Waals surface area (Å²) in [5.74, 6) is 3.50. The quantitative estimate of drug-likeness (QED) is 0.800. The lowest BCUT2D eigenvalue weighted by atomic mass is 10.1. The van der Waals surface area contributed by atoms with Crippen LogP contribution >= 0.6 is 0 Å². The lowest BCUT2D eigenvalue weighted by Crippen LogP contribution is -2.21. The third-order valence-electron chi connectivity index (χ3n) is 4.09. The molecule has 0 spiro atoms. The van der Waals surface area contributed by atoms with Crippen molar-refractivity contribution in [1.82, 2.24) is 10.2 Å². The summed E-state index contributed by atoms with van der Waals surface area (Å²) in [4.78, 5) is 2.47. The van der Waals surface area contributed by atoms with Gasteiger partial charge < -0.3 is 14.5 Å². The maximum absolute atomic E-state index is 5.92. The monoisotopic (exact) mass is 294 g/mol. The van der Waals surface area contributed by atoms with Gasteiger partial charge in [0.1, 0.15) is 11.5 Å². The predicted octanol–water partition coefficient (Wildman–Crippen LogP) is 2.80. The topological polar surface area (TPSA) is 37.6 Å². The third kappa shape index (κ3) is 5.13. The fourth-order valence-corrected chi connectivity index (χ4v) is 2.99. The van der Waals surface area contributed by atoms with Crippen molar-refractivity contribution in [3.05, 3.63) is 23.2 Å². The van der Waals surface area contributed by atoms with Gasteiger partial charge in [0.15, 0.2) is 0 Å². The molecule has 1 N–H and O–H groups in total. The van der Waals surface area contributed by atoms with Crippen LogP contribution in [0.25, 0.3) is 0 Å². The first-order chi connectivity index (χ1) is 10.1. The summed E-state index contributed by atoms with van der Waals surface area (Å²) in [6.07, 6.45) is 1.23. The number of aryl methyl sites for hydroxylation is 1. The van der Waals surface area contributed by atoms with Crippen molar-refractivity contribution in [2.45, 2.75) is 40.3 Å². The fourth-order valence-electron chi connectivity index (χ4n) is 2.99. The van der Waals surface area contributed by atoms with E-state index >= 15 is 0 Å². The van der Waals surface area contributed by atoms with E-state index in [1.165, 1.54) is 12.0 Å². The second-order valence-electron chi connectivity index (χ2n) is 6.66. The van der Waals surface area contributed by atoms with E-state index in [1.54, 1.807) is 7.11 Å². The second kappa shape index (κ2) is 7.97. The number of hydrogen-bond donors (Lipinski definition) is 1. The van der Waals surface area contributed by atoms with Crippen molar-refractivity contribution in [3.8, 4) is 0 Å². The summed E-state index contributed by atoms with van der Waals surface area (Å²) in [5.41, 5.74) is 1.29. The summed E-state index contributed by atoms with van der Waals surface area (Å²) < 4.78 is 11.2. The van der Waals surface area contributed by atoms with Gasteiger partial charge in [0.05, 0.1) is 13.2 Å². The van der Waals surface area contributed by atoms with E-state index in [0.29, 0.717) is 11.8 Å². The average molecular weight is 294 g/mol. The van der Waals surface area contributed by atoms with Crippen LogP contribution in [0.2, 0.25) is 0 Å². The lowest BCUT2D eigenvalue weighted by molar-refractivity contribution is 0.151. The standard InChI is InChI=1S/C17H30N2O2/c1-13(2)8-18-9-16-7-17(21-14(16)3)11-19-6-5-15(10-19)12-20-4/h7,13,15,18H,5-6,8-12H2,1-4H3. The Balaban J connectivity index is 1.82. The van der Waals surface area contributed by atoms with Crippen LogP contribution in [0.1, 0.15) is 37.4 Å². The van der Waals surface area contributed by atoms with E-state index < -0.39 is 0 Å². The molecule has 1 aliphatic heterocycles. The van der Waals surface area contributed by atoms with Gasteiger partial charge >= 0.3 is 0 Å². The van der Waals surface area contributed by atoms with Crippen molar-refractivity contribution in [3.63, 3.8) is 0 Å². The number of rotatable bonds is 8. The molecule has 0 aliphatic carbocycles. The molecule has 2 rings (SSSR count). The highest BCUT2D eigenvalue weighted by Gasteiger charge is 2.23. The highest BCUT2D eigenvalue weighted by atomic mass is 16.5. The van der Waals surface area contributed by atoms with Gasteiger partial charge in [0.2, 0.25) is 0 Å². The van der Waals surface area contributed by atoms with Crippen molar-refractivity contribution < 1.29 is 9.15 Å². The van der Waals surface area contributed by atoms with Crippen LogP contribution in [-0.4, -0.2) is 38.3 Å². The molecular weight excluding hydrogens is 264 g/mol. The maximum atomic E-state index is 5.92. The number of likely N-dealkylation sites (tertiary alicyclic amines) is 1. The lowest BCUT2D eigenvalue weighted by Gasteiger charge is -2.13. The molecule has 2 heterocycles. The molecule has 0 amide bonds. The molecule has 4 nitrogen and oxygen atoms in total. The Morgan fingerprint density at radius 2 is 2.29 bits per heavy atom. The minimum Gasteiger partial charge on any atom is -0.465 e. The Labute approximate surface area is 128 Å². The molecule has 1 fully saturated rings. The van der Waals surface area contributed by atoms with Crippen LogP contribution in [0.5, 0.6) is 0 Å². The Hall–Kier alpha value is -0.840. The zero-order valence-corrected chi connectivity index (χ0v) is 13.9. The van der Waals surface area contributed by atoms with Gasteiger partial charge in [-0.15, -0.1) is 0 Å². The average Bonchev–Trinajstić information content (AvgIpc) is 2.98. The minimum absolute atomic E-state index is 0.679. The van der Waals surface area contributed by atoms with Crippen LogP contribution in [0.15, 0.2) is 10.5 Å². The van der Waals surface area contributed by atoms with Crippen LogP contribution < -0.4 is 5.32 Å². The van der Waals surface area contributed by atoms with Crippen molar-refractivity contribution in [2.24, 2.45) is 11.8 Å². The number of ether oxygens (including phenoxy) is 1. The molecule has 1 aromatic rings. The van der Waals surface area contributed by atoms with Gasteiger partial charge in [0.25, 0.3) is 0 Å². The maximum Gasteiger partial charge on any atom is 0.118 e. The first-order valence-corrected chi connectivity index (χ1v) is 8.08. The van der Waals surface area contributed by atoms with Crippen LogP contribution in [0.4, 0.5) is 0 Å². The highest BCUT2D eigenvalue weighted by molar-refractivity contribution is 5.20. The Bertz CT molecular complexity index is 428. The van der Waals surface area contributed by atoms with Crippen LogP contribution in [-0.2, 0) is 17.8 Å². The van der Waals surface area contributed by atoms with Gasteiger partial charge in [-0.1, -0.05) is 13.8 Å². The van der Waals surface area contributed by atoms with Gasteiger partial charge in [-0.25, -0.2) is 0 Å². The molecule has 1 atom stereocenters. The Kier molecular flexibility index (Phi) is 6.27. The zero-order valence-electron chi connectivity index (χ0n) is 13.9. The van der Waals surface area contributed by atoms with E-state index in [4.69, 9.17) is 9.15 Å².